The molecule has 22 heavy (non-hydrogen) atoms. The van der Waals surface area contributed by atoms with Crippen LogP contribution in [0.2, 0.25) is 0 Å². The van der Waals surface area contributed by atoms with Crippen molar-refractivity contribution in [2.45, 2.75) is 38.7 Å². The molecule has 0 radical (unpaired) electrons. The van der Waals surface area contributed by atoms with Gasteiger partial charge in [0.15, 0.2) is 6.61 Å². The normalized spacial score (nSPS) is 15.4. The SMILES string of the molecule is CC(O)CNC(=O)COc1ccc2oc3c(c2c1)CCCC3. The molecule has 0 spiro atoms. The van der Waals surface area contributed by atoms with Crippen LogP contribution >= 0.6 is 0 Å². The van der Waals surface area contributed by atoms with E-state index in [2.05, 4.69) is 5.32 Å². The maximum absolute atomic E-state index is 11.6. The minimum Gasteiger partial charge on any atom is -0.484 e. The number of hydrogen-bond acceptors (Lipinski definition) is 4. The van der Waals surface area contributed by atoms with Crippen molar-refractivity contribution in [1.82, 2.24) is 5.32 Å². The quantitative estimate of drug-likeness (QED) is 0.888. The number of nitrogens with one attached hydrogen (secondary N) is 1. The van der Waals surface area contributed by atoms with E-state index in [1.54, 1.807) is 6.92 Å². The van der Waals surface area contributed by atoms with Crippen molar-refractivity contribution < 1.29 is 19.1 Å². The number of furan rings is 1. The predicted molar refractivity (Wildman–Crippen MR) is 83.0 cm³/mol. The summed E-state index contributed by atoms with van der Waals surface area (Å²) in [5, 5.41) is 12.8. The lowest BCUT2D eigenvalue weighted by atomic mass is 9.96. The Bertz CT molecular complexity index is 675. The molecule has 5 nitrogen and oxygen atoms in total. The van der Waals surface area contributed by atoms with E-state index >= 15 is 0 Å². The molecule has 0 aliphatic heterocycles. The standard InChI is InChI=1S/C17H21NO4/c1-11(19)9-18-17(20)10-21-12-6-7-16-14(8-12)13-4-2-3-5-15(13)22-16/h6-8,11,19H,2-5,9-10H2,1H3,(H,18,20). The van der Waals surface area contributed by atoms with Gasteiger partial charge in [0.2, 0.25) is 0 Å². The molecule has 0 fully saturated rings. The van der Waals surface area contributed by atoms with Crippen molar-refractivity contribution in [1.29, 1.82) is 0 Å². The Morgan fingerprint density at radius 3 is 3.05 bits per heavy atom. The number of carbonyl (C=O) groups excluding carboxylic acids is 1. The molecule has 1 unspecified atom stereocenters. The molecule has 2 N–H and O–H groups in total. The molecule has 118 valence electrons. The van der Waals surface area contributed by atoms with Gasteiger partial charge < -0.3 is 19.6 Å². The Morgan fingerprint density at radius 2 is 2.23 bits per heavy atom. The molecule has 2 aromatic rings. The number of amides is 1. The van der Waals surface area contributed by atoms with Crippen LogP contribution in [0.25, 0.3) is 11.0 Å². The van der Waals surface area contributed by atoms with Gasteiger partial charge >= 0.3 is 0 Å². The molecule has 0 saturated heterocycles. The molecule has 1 aliphatic rings. The summed E-state index contributed by atoms with van der Waals surface area (Å²) < 4.78 is 11.4. The van der Waals surface area contributed by atoms with Gasteiger partial charge in [0.25, 0.3) is 5.91 Å². The highest BCUT2D eigenvalue weighted by Crippen LogP contribution is 2.33. The van der Waals surface area contributed by atoms with Gasteiger partial charge in [-0.1, -0.05) is 0 Å². The Hall–Kier alpha value is -2.01. The lowest BCUT2D eigenvalue weighted by Crippen LogP contribution is -2.34. The molecule has 1 aromatic heterocycles. The number of hydrogen-bond donors (Lipinski definition) is 2. The second-order valence-corrected chi connectivity index (χ2v) is 5.81. The van der Waals surface area contributed by atoms with Crippen LogP contribution in [0.1, 0.15) is 31.1 Å². The number of aliphatic hydroxyl groups is 1. The van der Waals surface area contributed by atoms with Crippen LogP contribution in [0.5, 0.6) is 5.75 Å². The van der Waals surface area contributed by atoms with Crippen LogP contribution in [0.4, 0.5) is 0 Å². The minimum atomic E-state index is -0.558. The maximum Gasteiger partial charge on any atom is 0.258 e. The van der Waals surface area contributed by atoms with E-state index in [4.69, 9.17) is 14.3 Å². The van der Waals surface area contributed by atoms with Crippen LogP contribution in [0, 0.1) is 0 Å². The monoisotopic (exact) mass is 303 g/mol. The lowest BCUT2D eigenvalue weighted by molar-refractivity contribution is -0.123. The molecule has 5 heteroatoms. The molecule has 1 atom stereocenters. The van der Waals surface area contributed by atoms with E-state index in [9.17, 15) is 4.79 Å². The molecular formula is C17H21NO4. The first kappa shape index (κ1) is 14.9. The van der Waals surface area contributed by atoms with Gasteiger partial charge in [-0.2, -0.15) is 0 Å². The summed E-state index contributed by atoms with van der Waals surface area (Å²) in [6, 6.07) is 5.67. The van der Waals surface area contributed by atoms with Crippen molar-refractivity contribution in [2.75, 3.05) is 13.2 Å². The van der Waals surface area contributed by atoms with Gasteiger partial charge in [-0.05, 0) is 44.4 Å². The average Bonchev–Trinajstić information content (AvgIpc) is 2.89. The fraction of sp³-hybridized carbons (Fsp3) is 0.471. The van der Waals surface area contributed by atoms with Crippen molar-refractivity contribution in [2.24, 2.45) is 0 Å². The molecule has 0 bridgehead atoms. The molecule has 1 heterocycles. The molecule has 1 aliphatic carbocycles. The van der Waals surface area contributed by atoms with E-state index in [-0.39, 0.29) is 19.1 Å². The summed E-state index contributed by atoms with van der Waals surface area (Å²) in [6.07, 6.45) is 3.86. The van der Waals surface area contributed by atoms with Crippen LogP contribution in [-0.4, -0.2) is 30.3 Å². The smallest absolute Gasteiger partial charge is 0.258 e. The minimum absolute atomic E-state index is 0.0573. The molecule has 1 aromatic carbocycles. The third-order valence-corrected chi connectivity index (χ3v) is 3.89. The fourth-order valence-corrected chi connectivity index (χ4v) is 2.79. The summed E-state index contributed by atoms with van der Waals surface area (Å²) in [4.78, 5) is 11.6. The van der Waals surface area contributed by atoms with E-state index in [0.717, 1.165) is 29.6 Å². The summed E-state index contributed by atoms with van der Waals surface area (Å²) in [5.74, 6) is 1.51. The first-order chi connectivity index (χ1) is 10.6. The zero-order valence-electron chi connectivity index (χ0n) is 12.7. The third-order valence-electron chi connectivity index (χ3n) is 3.89. The lowest BCUT2D eigenvalue weighted by Gasteiger charge is -2.10. The van der Waals surface area contributed by atoms with Gasteiger partial charge in [-0.15, -0.1) is 0 Å². The number of carbonyl (C=O) groups is 1. The summed E-state index contributed by atoms with van der Waals surface area (Å²) >= 11 is 0. The Labute approximate surface area is 129 Å². The second-order valence-electron chi connectivity index (χ2n) is 5.81. The van der Waals surface area contributed by atoms with E-state index in [1.165, 1.54) is 18.4 Å². The number of benzene rings is 1. The van der Waals surface area contributed by atoms with Crippen molar-refractivity contribution in [3.8, 4) is 5.75 Å². The van der Waals surface area contributed by atoms with Crippen LogP contribution in [-0.2, 0) is 17.6 Å². The molecule has 1 amide bonds. The Morgan fingerprint density at radius 1 is 1.41 bits per heavy atom. The number of ether oxygens (including phenoxy) is 1. The van der Waals surface area contributed by atoms with Gasteiger partial charge in [-0.3, -0.25) is 4.79 Å². The van der Waals surface area contributed by atoms with Crippen molar-refractivity contribution in [3.63, 3.8) is 0 Å². The third kappa shape index (κ3) is 3.25. The second kappa shape index (κ2) is 6.40. The van der Waals surface area contributed by atoms with E-state index in [0.29, 0.717) is 5.75 Å². The van der Waals surface area contributed by atoms with Gasteiger partial charge in [0.05, 0.1) is 6.10 Å². The Kier molecular flexibility index (Phi) is 4.34. The zero-order chi connectivity index (χ0) is 15.5. The number of rotatable bonds is 5. The van der Waals surface area contributed by atoms with E-state index < -0.39 is 6.10 Å². The highest BCUT2D eigenvalue weighted by molar-refractivity contribution is 5.84. The first-order valence-corrected chi connectivity index (χ1v) is 7.75. The topological polar surface area (TPSA) is 71.7 Å². The van der Waals surface area contributed by atoms with Crippen LogP contribution < -0.4 is 10.1 Å². The number of aryl methyl sites for hydroxylation is 2. The fourth-order valence-electron chi connectivity index (χ4n) is 2.79. The number of aliphatic hydroxyl groups excluding tert-OH is 1. The molecule has 3 rings (SSSR count). The van der Waals surface area contributed by atoms with Gasteiger partial charge in [0, 0.05) is 23.9 Å². The highest BCUT2D eigenvalue weighted by atomic mass is 16.5. The summed E-state index contributed by atoms with van der Waals surface area (Å²) in [5.41, 5.74) is 2.17. The van der Waals surface area contributed by atoms with Crippen LogP contribution in [0.3, 0.4) is 0 Å². The average molecular weight is 303 g/mol. The summed E-state index contributed by atoms with van der Waals surface area (Å²) in [7, 11) is 0. The molecule has 0 saturated carbocycles. The Balaban J connectivity index is 1.68. The van der Waals surface area contributed by atoms with Crippen molar-refractivity contribution >= 4 is 16.9 Å². The van der Waals surface area contributed by atoms with Gasteiger partial charge in [0.1, 0.15) is 17.1 Å². The van der Waals surface area contributed by atoms with Crippen molar-refractivity contribution in [3.05, 3.63) is 29.5 Å². The largest absolute Gasteiger partial charge is 0.484 e. The zero-order valence-corrected chi connectivity index (χ0v) is 12.7. The van der Waals surface area contributed by atoms with Crippen LogP contribution in [0.15, 0.2) is 22.6 Å². The maximum atomic E-state index is 11.6. The first-order valence-electron chi connectivity index (χ1n) is 7.75. The highest BCUT2D eigenvalue weighted by Gasteiger charge is 2.18. The molecular weight excluding hydrogens is 282 g/mol. The predicted octanol–water partition coefficient (Wildman–Crippen LogP) is 2.19. The summed E-state index contributed by atoms with van der Waals surface area (Å²) in [6.45, 7) is 1.80. The van der Waals surface area contributed by atoms with Gasteiger partial charge in [-0.25, -0.2) is 0 Å². The van der Waals surface area contributed by atoms with E-state index in [1.807, 2.05) is 18.2 Å². The number of fused-ring (bicyclic) bond motifs is 3.